The molecule has 0 radical (unpaired) electrons. The van der Waals surface area contributed by atoms with Crippen LogP contribution in [-0.2, 0) is 0 Å². The lowest BCUT2D eigenvalue weighted by molar-refractivity contribution is 0.404. The van der Waals surface area contributed by atoms with E-state index < -0.39 is 0 Å². The van der Waals surface area contributed by atoms with E-state index in [9.17, 15) is 0 Å². The number of para-hydroxylation sites is 1. The molecule has 1 aromatic heterocycles. The molecule has 0 amide bonds. The molecule has 18 heavy (non-hydrogen) atoms. The minimum Gasteiger partial charge on any atom is -0.496 e. The number of hydrogen-bond donors (Lipinski definition) is 2. The van der Waals surface area contributed by atoms with Crippen molar-refractivity contribution < 1.29 is 4.74 Å². The first kappa shape index (κ1) is 13.5. The maximum absolute atomic E-state index is 5.71. The standard InChI is InChI=1S/C13H15BrN2OS/c1-8-7-11(18-13(8)14)12(16-15)9-5-3-4-6-10(9)17-2/h3-7,12,16H,15H2,1-2H3. The van der Waals surface area contributed by atoms with Gasteiger partial charge in [-0.1, -0.05) is 18.2 Å². The van der Waals surface area contributed by atoms with Crippen LogP contribution in [-0.4, -0.2) is 7.11 Å². The van der Waals surface area contributed by atoms with Gasteiger partial charge in [-0.15, -0.1) is 11.3 Å². The van der Waals surface area contributed by atoms with Gasteiger partial charge in [-0.3, -0.25) is 5.84 Å². The normalized spacial score (nSPS) is 12.4. The summed E-state index contributed by atoms with van der Waals surface area (Å²) >= 11 is 5.22. The minimum absolute atomic E-state index is 0.0591. The molecular weight excluding hydrogens is 312 g/mol. The first-order chi connectivity index (χ1) is 8.67. The first-order valence-corrected chi connectivity index (χ1v) is 7.13. The first-order valence-electron chi connectivity index (χ1n) is 5.52. The fraction of sp³-hybridized carbons (Fsp3) is 0.231. The summed E-state index contributed by atoms with van der Waals surface area (Å²) in [6, 6.07) is 9.97. The van der Waals surface area contributed by atoms with E-state index in [2.05, 4.69) is 34.3 Å². The van der Waals surface area contributed by atoms with Gasteiger partial charge in [-0.25, -0.2) is 5.43 Å². The smallest absolute Gasteiger partial charge is 0.124 e. The van der Waals surface area contributed by atoms with Crippen LogP contribution in [0.4, 0.5) is 0 Å². The highest BCUT2D eigenvalue weighted by Gasteiger charge is 2.19. The van der Waals surface area contributed by atoms with Crippen molar-refractivity contribution in [3.05, 3.63) is 50.1 Å². The number of hydrazine groups is 1. The lowest BCUT2D eigenvalue weighted by atomic mass is 10.0. The second-order valence-corrected chi connectivity index (χ2v) is 6.35. The second kappa shape index (κ2) is 5.84. The molecule has 1 aromatic carbocycles. The third kappa shape index (κ3) is 2.59. The highest BCUT2D eigenvalue weighted by molar-refractivity contribution is 9.11. The van der Waals surface area contributed by atoms with E-state index in [0.717, 1.165) is 20.0 Å². The molecule has 3 N–H and O–H groups in total. The molecule has 0 bridgehead atoms. The largest absolute Gasteiger partial charge is 0.496 e. The minimum atomic E-state index is -0.0591. The van der Waals surface area contributed by atoms with Crippen molar-refractivity contribution in [1.82, 2.24) is 5.43 Å². The summed E-state index contributed by atoms with van der Waals surface area (Å²) in [6.45, 7) is 2.07. The SMILES string of the molecule is COc1ccccc1C(NN)c1cc(C)c(Br)s1. The van der Waals surface area contributed by atoms with Crippen molar-refractivity contribution in [2.45, 2.75) is 13.0 Å². The zero-order valence-corrected chi connectivity index (χ0v) is 12.6. The van der Waals surface area contributed by atoms with Crippen molar-refractivity contribution in [2.24, 2.45) is 5.84 Å². The number of halogens is 1. The summed E-state index contributed by atoms with van der Waals surface area (Å²) in [7, 11) is 1.67. The van der Waals surface area contributed by atoms with Crippen molar-refractivity contribution in [1.29, 1.82) is 0 Å². The van der Waals surface area contributed by atoms with Crippen LogP contribution in [0, 0.1) is 6.92 Å². The van der Waals surface area contributed by atoms with Crippen LogP contribution in [0.2, 0.25) is 0 Å². The molecule has 0 aliphatic carbocycles. The molecule has 0 spiro atoms. The molecule has 1 unspecified atom stereocenters. The van der Waals surface area contributed by atoms with Crippen molar-refractivity contribution in [3.63, 3.8) is 0 Å². The molecule has 2 aromatic rings. The van der Waals surface area contributed by atoms with E-state index in [4.69, 9.17) is 10.6 Å². The molecule has 96 valence electrons. The van der Waals surface area contributed by atoms with Crippen molar-refractivity contribution in [2.75, 3.05) is 7.11 Å². The van der Waals surface area contributed by atoms with Gasteiger partial charge >= 0.3 is 0 Å². The van der Waals surface area contributed by atoms with Gasteiger partial charge in [-0.05, 0) is 40.5 Å². The average Bonchev–Trinajstić information content (AvgIpc) is 2.71. The van der Waals surface area contributed by atoms with E-state index >= 15 is 0 Å². The van der Waals surface area contributed by atoms with E-state index in [1.54, 1.807) is 18.4 Å². The molecule has 1 heterocycles. The van der Waals surface area contributed by atoms with E-state index in [1.807, 2.05) is 24.3 Å². The molecule has 3 nitrogen and oxygen atoms in total. The Kier molecular flexibility index (Phi) is 4.40. The highest BCUT2D eigenvalue weighted by atomic mass is 79.9. The second-order valence-electron chi connectivity index (χ2n) is 3.95. The number of nitrogens with one attached hydrogen (secondary N) is 1. The molecular formula is C13H15BrN2OS. The van der Waals surface area contributed by atoms with Gasteiger partial charge in [0.15, 0.2) is 0 Å². The van der Waals surface area contributed by atoms with Crippen LogP contribution < -0.4 is 16.0 Å². The predicted molar refractivity (Wildman–Crippen MR) is 78.9 cm³/mol. The third-order valence-corrected chi connectivity index (χ3v) is 4.98. The van der Waals surface area contributed by atoms with Gasteiger partial charge in [0.2, 0.25) is 0 Å². The van der Waals surface area contributed by atoms with E-state index in [0.29, 0.717) is 0 Å². The molecule has 0 saturated carbocycles. The Bertz CT molecular complexity index is 522. The Morgan fingerprint density at radius 2 is 2.11 bits per heavy atom. The summed E-state index contributed by atoms with van der Waals surface area (Å²) < 4.78 is 6.52. The van der Waals surface area contributed by atoms with Crippen LogP contribution >= 0.6 is 27.3 Å². The summed E-state index contributed by atoms with van der Waals surface area (Å²) in [5.41, 5.74) is 5.11. The Morgan fingerprint density at radius 3 is 2.67 bits per heavy atom. The van der Waals surface area contributed by atoms with Crippen LogP contribution in [0.25, 0.3) is 0 Å². The van der Waals surface area contributed by atoms with Gasteiger partial charge < -0.3 is 4.74 Å². The Morgan fingerprint density at radius 1 is 1.39 bits per heavy atom. The van der Waals surface area contributed by atoms with Gasteiger partial charge in [0.25, 0.3) is 0 Å². The van der Waals surface area contributed by atoms with Gasteiger partial charge in [0, 0.05) is 10.4 Å². The van der Waals surface area contributed by atoms with Gasteiger partial charge in [-0.2, -0.15) is 0 Å². The Balaban J connectivity index is 2.45. The monoisotopic (exact) mass is 326 g/mol. The predicted octanol–water partition coefficient (Wildman–Crippen LogP) is 3.38. The topological polar surface area (TPSA) is 47.3 Å². The number of methoxy groups -OCH3 is 1. The highest BCUT2D eigenvalue weighted by Crippen LogP contribution is 2.36. The Labute approximate surface area is 119 Å². The number of thiophene rings is 1. The fourth-order valence-electron chi connectivity index (χ4n) is 1.86. The quantitative estimate of drug-likeness (QED) is 0.668. The third-order valence-electron chi connectivity index (χ3n) is 2.78. The fourth-order valence-corrected chi connectivity index (χ4v) is 3.51. The number of nitrogens with two attached hydrogens (primary N) is 1. The van der Waals surface area contributed by atoms with Crippen LogP contribution in [0.15, 0.2) is 34.1 Å². The molecule has 0 aliphatic heterocycles. The van der Waals surface area contributed by atoms with Gasteiger partial charge in [0.1, 0.15) is 5.75 Å². The molecule has 0 aliphatic rings. The van der Waals surface area contributed by atoms with Crippen molar-refractivity contribution >= 4 is 27.3 Å². The Hall–Kier alpha value is -0.880. The zero-order chi connectivity index (χ0) is 13.1. The molecule has 2 rings (SSSR count). The van der Waals surface area contributed by atoms with E-state index in [-0.39, 0.29) is 6.04 Å². The lowest BCUT2D eigenvalue weighted by Gasteiger charge is -2.17. The number of ether oxygens (including phenoxy) is 1. The van der Waals surface area contributed by atoms with Crippen molar-refractivity contribution in [3.8, 4) is 5.75 Å². The number of rotatable bonds is 4. The molecule has 0 saturated heterocycles. The van der Waals surface area contributed by atoms with Crippen LogP contribution in [0.3, 0.4) is 0 Å². The summed E-state index contributed by atoms with van der Waals surface area (Å²) in [5.74, 6) is 6.54. The van der Waals surface area contributed by atoms with Crippen LogP contribution in [0.1, 0.15) is 22.0 Å². The molecule has 5 heteroatoms. The van der Waals surface area contributed by atoms with Crippen LogP contribution in [0.5, 0.6) is 5.75 Å². The summed E-state index contributed by atoms with van der Waals surface area (Å²) in [6.07, 6.45) is 0. The maximum Gasteiger partial charge on any atom is 0.124 e. The number of hydrogen-bond acceptors (Lipinski definition) is 4. The average molecular weight is 327 g/mol. The maximum atomic E-state index is 5.71. The summed E-state index contributed by atoms with van der Waals surface area (Å²) in [5, 5.41) is 0. The zero-order valence-electron chi connectivity index (χ0n) is 10.2. The molecule has 1 atom stereocenters. The number of benzene rings is 1. The summed E-state index contributed by atoms with van der Waals surface area (Å²) in [4.78, 5) is 1.16. The molecule has 0 fully saturated rings. The lowest BCUT2D eigenvalue weighted by Crippen LogP contribution is -2.28. The van der Waals surface area contributed by atoms with Gasteiger partial charge in [0.05, 0.1) is 16.9 Å². The van der Waals surface area contributed by atoms with E-state index in [1.165, 1.54) is 5.56 Å². The number of aryl methyl sites for hydroxylation is 1.